The summed E-state index contributed by atoms with van der Waals surface area (Å²) in [6.07, 6.45) is 16.6. The van der Waals surface area contributed by atoms with Crippen LogP contribution in [0.25, 0.3) is 56.5 Å². The van der Waals surface area contributed by atoms with Crippen molar-refractivity contribution < 1.29 is 0 Å². The van der Waals surface area contributed by atoms with Crippen molar-refractivity contribution >= 4 is 34.0 Å². The first kappa shape index (κ1) is 22.2. The third-order valence-corrected chi connectivity index (χ3v) is 8.24. The second kappa shape index (κ2) is 8.89. The number of aromatic nitrogens is 2. The number of hydrogen-bond donors (Lipinski definition) is 0. The van der Waals surface area contributed by atoms with Crippen molar-refractivity contribution in [2.24, 2.45) is 0 Å². The van der Waals surface area contributed by atoms with Gasteiger partial charge in [0.2, 0.25) is 0 Å². The Morgan fingerprint density at radius 1 is 0.564 bits per heavy atom. The highest BCUT2D eigenvalue weighted by molar-refractivity contribution is 5.96. The normalized spacial score (nSPS) is 14.1. The molecule has 0 spiro atoms. The van der Waals surface area contributed by atoms with Crippen LogP contribution in [0, 0.1) is 0 Å². The van der Waals surface area contributed by atoms with Gasteiger partial charge in [-0.1, -0.05) is 91.0 Å². The lowest BCUT2D eigenvalue weighted by Crippen LogP contribution is -2.03. The molecule has 0 N–H and O–H groups in total. The zero-order chi connectivity index (χ0) is 25.8. The molecule has 0 radical (unpaired) electrons. The molecule has 39 heavy (non-hydrogen) atoms. The number of benzene rings is 4. The Morgan fingerprint density at radius 2 is 1.38 bits per heavy atom. The van der Waals surface area contributed by atoms with Gasteiger partial charge in [0.05, 0.1) is 16.7 Å². The van der Waals surface area contributed by atoms with Crippen LogP contribution in [0.4, 0.5) is 0 Å². The summed E-state index contributed by atoms with van der Waals surface area (Å²) in [6, 6.07) is 35.5. The topological polar surface area (TPSA) is 9.86 Å². The predicted molar refractivity (Wildman–Crippen MR) is 165 cm³/mol. The van der Waals surface area contributed by atoms with E-state index in [0.29, 0.717) is 0 Å². The van der Waals surface area contributed by atoms with Crippen LogP contribution in [0.1, 0.15) is 28.9 Å². The molecule has 2 heterocycles. The third-order valence-electron chi connectivity index (χ3n) is 8.24. The quantitative estimate of drug-likeness (QED) is 0.229. The summed E-state index contributed by atoms with van der Waals surface area (Å²) < 4.78 is 4.93. The molecule has 4 aromatic carbocycles. The van der Waals surface area contributed by atoms with Gasteiger partial charge in [0.15, 0.2) is 0 Å². The van der Waals surface area contributed by atoms with Crippen LogP contribution in [0.5, 0.6) is 0 Å². The zero-order valence-corrected chi connectivity index (χ0v) is 21.7. The van der Waals surface area contributed by atoms with Crippen molar-refractivity contribution in [2.75, 3.05) is 0 Å². The molecule has 0 fully saturated rings. The van der Waals surface area contributed by atoms with Gasteiger partial charge in [-0.2, -0.15) is 0 Å². The minimum absolute atomic E-state index is 0.949. The second-order valence-corrected chi connectivity index (χ2v) is 10.5. The van der Waals surface area contributed by atoms with Gasteiger partial charge in [-0.15, -0.1) is 0 Å². The molecule has 0 saturated heterocycles. The van der Waals surface area contributed by atoms with E-state index in [1.165, 1.54) is 66.8 Å². The molecule has 2 aliphatic carbocycles. The zero-order valence-electron chi connectivity index (χ0n) is 21.7. The van der Waals surface area contributed by atoms with E-state index in [9.17, 15) is 0 Å². The molecule has 2 heteroatoms. The summed E-state index contributed by atoms with van der Waals surface area (Å²) in [5.74, 6) is 0. The Morgan fingerprint density at radius 3 is 2.33 bits per heavy atom. The molecular formula is C37H28N2. The third kappa shape index (κ3) is 3.49. The highest BCUT2D eigenvalue weighted by atomic mass is 15.0. The standard InChI is InChI=1S/C37H28N2/c1-3-12-26(13-4-1)27-14-11-15-28(24-27)38-36-21-10-8-18-32(36)33-25-29(22-23-37(33)38)39-34-19-6-2-5-16-30(34)31-17-7-9-20-35(31)39/h1-9,11-15,17-20,22-25H,10,16,21H2. The number of para-hydroxylation sites is 1. The average molecular weight is 501 g/mol. The van der Waals surface area contributed by atoms with Crippen LogP contribution in [0.2, 0.25) is 0 Å². The average Bonchev–Trinajstić information content (AvgIpc) is 3.37. The van der Waals surface area contributed by atoms with E-state index >= 15 is 0 Å². The Balaban J connectivity index is 1.36. The Kier molecular flexibility index (Phi) is 5.06. The fraction of sp³-hybridized carbons (Fsp3) is 0.0811. The van der Waals surface area contributed by atoms with E-state index in [-0.39, 0.29) is 0 Å². The molecule has 0 amide bonds. The highest BCUT2D eigenvalue weighted by Crippen LogP contribution is 2.38. The molecule has 0 aliphatic heterocycles. The first-order chi connectivity index (χ1) is 19.4. The lowest BCUT2D eigenvalue weighted by atomic mass is 10.0. The van der Waals surface area contributed by atoms with E-state index in [1.807, 2.05) is 0 Å². The lowest BCUT2D eigenvalue weighted by molar-refractivity contribution is 0.889. The molecule has 0 atom stereocenters. The first-order valence-electron chi connectivity index (χ1n) is 13.8. The van der Waals surface area contributed by atoms with Crippen LogP contribution in [-0.4, -0.2) is 9.13 Å². The van der Waals surface area contributed by atoms with Gasteiger partial charge in [-0.25, -0.2) is 0 Å². The van der Waals surface area contributed by atoms with Gasteiger partial charge in [0.1, 0.15) is 0 Å². The second-order valence-electron chi connectivity index (χ2n) is 10.5. The minimum Gasteiger partial charge on any atom is -0.313 e. The van der Waals surface area contributed by atoms with E-state index in [1.54, 1.807) is 0 Å². The molecule has 2 nitrogen and oxygen atoms in total. The largest absolute Gasteiger partial charge is 0.313 e. The van der Waals surface area contributed by atoms with Gasteiger partial charge in [0, 0.05) is 33.4 Å². The number of rotatable bonds is 3. The monoisotopic (exact) mass is 500 g/mol. The fourth-order valence-electron chi connectivity index (χ4n) is 6.50. The molecule has 2 aliphatic rings. The van der Waals surface area contributed by atoms with Crippen LogP contribution in [-0.2, 0) is 12.8 Å². The smallest absolute Gasteiger partial charge is 0.0539 e. The molecule has 2 aromatic heterocycles. The highest BCUT2D eigenvalue weighted by Gasteiger charge is 2.21. The lowest BCUT2D eigenvalue weighted by Gasteiger charge is -2.14. The van der Waals surface area contributed by atoms with Crippen molar-refractivity contribution in [3.05, 3.63) is 144 Å². The van der Waals surface area contributed by atoms with Crippen molar-refractivity contribution in [3.8, 4) is 22.5 Å². The summed E-state index contributed by atoms with van der Waals surface area (Å²) in [4.78, 5) is 0. The van der Waals surface area contributed by atoms with Gasteiger partial charge in [0.25, 0.3) is 0 Å². The number of hydrogen-bond acceptors (Lipinski definition) is 0. The maximum atomic E-state index is 2.49. The number of nitrogens with zero attached hydrogens (tertiary/aromatic N) is 2. The fourth-order valence-corrected chi connectivity index (χ4v) is 6.50. The minimum atomic E-state index is 0.949. The SMILES string of the molecule is C1=CCc2c(n(-c3ccc4c(c3)c3c(n4-c4cccc(-c5ccccc5)c4)CCC=C3)c3ccccc23)C=C1. The maximum Gasteiger partial charge on any atom is 0.0539 e. The van der Waals surface area contributed by atoms with Crippen molar-refractivity contribution in [1.29, 1.82) is 0 Å². The van der Waals surface area contributed by atoms with E-state index in [4.69, 9.17) is 0 Å². The summed E-state index contributed by atoms with van der Waals surface area (Å²) in [7, 11) is 0. The van der Waals surface area contributed by atoms with Crippen molar-refractivity contribution in [1.82, 2.24) is 9.13 Å². The first-order valence-corrected chi connectivity index (χ1v) is 13.8. The van der Waals surface area contributed by atoms with Crippen LogP contribution < -0.4 is 0 Å². The van der Waals surface area contributed by atoms with Crippen molar-refractivity contribution in [2.45, 2.75) is 19.3 Å². The van der Waals surface area contributed by atoms with Crippen LogP contribution in [0.15, 0.2) is 121 Å². The number of fused-ring (bicyclic) bond motifs is 6. The van der Waals surface area contributed by atoms with E-state index in [0.717, 1.165) is 19.3 Å². The number of allylic oxidation sites excluding steroid dienone is 4. The maximum absolute atomic E-state index is 2.49. The van der Waals surface area contributed by atoms with Crippen LogP contribution in [0.3, 0.4) is 0 Å². The van der Waals surface area contributed by atoms with Gasteiger partial charge >= 0.3 is 0 Å². The van der Waals surface area contributed by atoms with Crippen LogP contribution >= 0.6 is 0 Å². The Labute approximate surface area is 228 Å². The van der Waals surface area contributed by atoms with Crippen molar-refractivity contribution in [3.63, 3.8) is 0 Å². The Bertz CT molecular complexity index is 1980. The molecule has 0 unspecified atom stereocenters. The van der Waals surface area contributed by atoms with E-state index in [2.05, 4.69) is 143 Å². The molecule has 8 rings (SSSR count). The summed E-state index contributed by atoms with van der Waals surface area (Å²) in [5.41, 5.74) is 12.9. The summed E-state index contributed by atoms with van der Waals surface area (Å²) in [6.45, 7) is 0. The Hall–Kier alpha value is -4.82. The molecule has 0 bridgehead atoms. The van der Waals surface area contributed by atoms with Gasteiger partial charge in [-0.3, -0.25) is 0 Å². The van der Waals surface area contributed by atoms with Gasteiger partial charge in [-0.05, 0) is 78.4 Å². The van der Waals surface area contributed by atoms with E-state index < -0.39 is 0 Å². The molecular weight excluding hydrogens is 472 g/mol. The predicted octanol–water partition coefficient (Wildman–Crippen LogP) is 9.33. The summed E-state index contributed by atoms with van der Waals surface area (Å²) >= 11 is 0. The molecule has 6 aromatic rings. The molecule has 186 valence electrons. The molecule has 0 saturated carbocycles. The van der Waals surface area contributed by atoms with Gasteiger partial charge < -0.3 is 9.13 Å². The summed E-state index contributed by atoms with van der Waals surface area (Å²) in [5, 5.41) is 2.65.